The van der Waals surface area contributed by atoms with Crippen molar-refractivity contribution in [3.63, 3.8) is 0 Å². The third-order valence-corrected chi connectivity index (χ3v) is 21.8. The van der Waals surface area contributed by atoms with Crippen molar-refractivity contribution >= 4 is 196 Å². The van der Waals surface area contributed by atoms with E-state index in [4.69, 9.17) is 0 Å². The van der Waals surface area contributed by atoms with Gasteiger partial charge in [-0.3, -0.25) is 43.2 Å². The van der Waals surface area contributed by atoms with Crippen molar-refractivity contribution in [1.29, 1.82) is 0 Å². The maximum Gasteiger partial charge on any atom is 0.199 e. The van der Waals surface area contributed by atoms with Gasteiger partial charge in [-0.05, 0) is 109 Å². The first-order valence-corrected chi connectivity index (χ1v) is 34.1. The summed E-state index contributed by atoms with van der Waals surface area (Å²) in [6, 6.07) is 65.9. The molecule has 0 aliphatic heterocycles. The predicted molar refractivity (Wildman–Crippen MR) is 428 cm³/mol. The molecule has 18 nitrogen and oxygen atoms in total. The normalized spacial score (nSPS) is 12.1. The summed E-state index contributed by atoms with van der Waals surface area (Å²) in [5.41, 5.74) is 8.95. The minimum atomic E-state index is -0.225. The average Bonchev–Trinajstić information content (AvgIpc) is 0.698. The number of aromatic amines is 3. The Balaban J connectivity index is 0.000000108. The molecule has 504 valence electrons. The predicted octanol–water partition coefficient (Wildman–Crippen LogP) is 14.1. The highest BCUT2D eigenvalue weighted by molar-refractivity contribution is 6.29. The van der Waals surface area contributed by atoms with E-state index in [1.54, 1.807) is 66.7 Å². The number of para-hydroxylation sites is 9. The van der Waals surface area contributed by atoms with Crippen LogP contribution >= 0.6 is 0 Å². The molecule has 0 saturated heterocycles. The number of hydrogen-bond donors (Lipinski definition) is 3. The largest absolute Gasteiger partial charge is 0.354 e. The first-order chi connectivity index (χ1) is 51.0. The van der Waals surface area contributed by atoms with Crippen molar-refractivity contribution < 1.29 is 0 Å². The second-order valence-electron chi connectivity index (χ2n) is 27.0. The van der Waals surface area contributed by atoms with Crippen LogP contribution in [0.2, 0.25) is 0 Å². The number of nitrogens with zero attached hydrogens (tertiary/aromatic N) is 6. The summed E-state index contributed by atoms with van der Waals surface area (Å²) in [4.78, 5) is 136. The van der Waals surface area contributed by atoms with E-state index in [1.165, 1.54) is 0 Å². The van der Waals surface area contributed by atoms with Gasteiger partial charge in [-0.1, -0.05) is 109 Å². The molecule has 12 aromatic carbocycles. The molecule has 3 N–H and O–H groups in total. The van der Waals surface area contributed by atoms with Crippen LogP contribution in [0.1, 0.15) is 0 Å². The van der Waals surface area contributed by atoms with Gasteiger partial charge in [-0.15, -0.1) is 0 Å². The molecule has 9 aromatic heterocycles. The quantitative estimate of drug-likeness (QED) is 0.0967. The Bertz CT molecular complexity index is 7870. The van der Waals surface area contributed by atoms with Gasteiger partial charge < -0.3 is 42.4 Å². The van der Waals surface area contributed by atoms with E-state index in [1.807, 2.05) is 221 Å². The van der Waals surface area contributed by atoms with Gasteiger partial charge in [0.1, 0.15) is 0 Å². The van der Waals surface area contributed by atoms with Crippen molar-refractivity contribution in [3.05, 3.63) is 310 Å². The molecule has 21 rings (SSSR count). The number of aromatic nitrogens is 9. The van der Waals surface area contributed by atoms with Crippen LogP contribution in [-0.4, -0.2) is 42.4 Å². The topological polar surface area (TPSA) is 231 Å². The summed E-state index contributed by atoms with van der Waals surface area (Å²) in [6.07, 6.45) is 0. The number of rotatable bonds is 0. The third kappa shape index (κ3) is 8.32. The minimum Gasteiger partial charge on any atom is -0.354 e. The van der Waals surface area contributed by atoms with Gasteiger partial charge in [-0.25, -0.2) is 0 Å². The van der Waals surface area contributed by atoms with Crippen LogP contribution in [0.15, 0.2) is 262 Å². The molecule has 105 heavy (non-hydrogen) atoms. The highest BCUT2D eigenvalue weighted by Crippen LogP contribution is 2.38. The summed E-state index contributed by atoms with van der Waals surface area (Å²) < 4.78 is 11.4. The number of fused-ring (bicyclic) bond motifs is 27. The van der Waals surface area contributed by atoms with Crippen molar-refractivity contribution in [2.75, 3.05) is 0 Å². The Hall–Kier alpha value is -14.1. The molecule has 21 aromatic rings. The van der Waals surface area contributed by atoms with Crippen molar-refractivity contribution in [2.45, 2.75) is 0 Å². The van der Waals surface area contributed by atoms with Crippen LogP contribution in [0.4, 0.5) is 0 Å². The Kier molecular flexibility index (Phi) is 13.2. The lowest BCUT2D eigenvalue weighted by Gasteiger charge is -2.20. The Morgan fingerprint density at radius 2 is 0.333 bits per heavy atom. The zero-order chi connectivity index (χ0) is 72.0. The summed E-state index contributed by atoms with van der Waals surface area (Å²) in [5, 5.41) is 8.01. The van der Waals surface area contributed by atoms with Crippen LogP contribution in [0.5, 0.6) is 0 Å². The second-order valence-corrected chi connectivity index (χ2v) is 27.0. The molecule has 0 unspecified atom stereocenters. The molecule has 0 atom stereocenters. The minimum absolute atomic E-state index is 0.189. The van der Waals surface area contributed by atoms with Crippen LogP contribution in [0.25, 0.3) is 196 Å². The first-order valence-electron chi connectivity index (χ1n) is 34.1. The van der Waals surface area contributed by atoms with Crippen LogP contribution < -0.4 is 48.9 Å². The third-order valence-electron chi connectivity index (χ3n) is 21.8. The van der Waals surface area contributed by atoms with Gasteiger partial charge in [0.15, 0.2) is 48.9 Å². The lowest BCUT2D eigenvalue weighted by molar-refractivity contribution is 0.982. The fourth-order valence-electron chi connectivity index (χ4n) is 17.0. The summed E-state index contributed by atoms with van der Waals surface area (Å²) >= 11 is 0. The molecular formula is C87H57N9O9. The first kappa shape index (κ1) is 61.9. The highest BCUT2D eigenvalue weighted by Gasteiger charge is 2.29. The molecule has 18 heteroatoms. The fourth-order valence-corrected chi connectivity index (χ4v) is 17.0. The number of nitrogens with one attached hydrogen (secondary N) is 3. The molecule has 0 amide bonds. The van der Waals surface area contributed by atoms with Crippen LogP contribution in [-0.2, 0) is 42.3 Å². The Morgan fingerprint density at radius 3 is 0.571 bits per heavy atom. The Labute approximate surface area is 588 Å². The number of pyridine rings is 9. The van der Waals surface area contributed by atoms with Crippen LogP contribution in [0, 0.1) is 0 Å². The van der Waals surface area contributed by atoms with E-state index in [-0.39, 0.29) is 48.9 Å². The standard InChI is InChI=1S/C30H21N3O3.C29H19N3O3.C28H17N3O3/c1-31-19-13-7-4-10-16(19)28(34)22-25(31)23-27(32(2)20-14-8-5-11-17(20)29(23)35)24-26(22)33(3)21-15-9-6-12-18(21)30(24)36;1-31-19-13-7-4-10-16(19)28(34)22-24-21(27(33)15-9-3-6-12-18(15)30-24)25-23(26(22)31)29(35)17-11-5-8-14-20(17)32(25)2;1-31-19-13-7-4-10-16(19)28(34)22-24-20(26(32)14-8-2-5-11-17(14)29-24)23-21(25(22)31)27(33)15-9-3-6-12-18(15)30-23/h4-15H,1-3H3;3-14H,1-2H3,(H,30,33);2-13H,1H3,(H,29,32)(H,30,33). The zero-order valence-electron chi connectivity index (χ0n) is 57.1. The molecule has 0 radical (unpaired) electrons. The van der Waals surface area contributed by atoms with E-state index in [9.17, 15) is 43.2 Å². The van der Waals surface area contributed by atoms with E-state index in [2.05, 4.69) is 15.0 Å². The molecule has 0 aliphatic carbocycles. The van der Waals surface area contributed by atoms with E-state index in [0.717, 1.165) is 33.1 Å². The maximum absolute atomic E-state index is 14.1. The summed E-state index contributed by atoms with van der Waals surface area (Å²) in [7, 11) is 11.2. The van der Waals surface area contributed by atoms with Gasteiger partial charge in [-0.2, -0.15) is 0 Å². The number of H-pyrrole nitrogens is 3. The monoisotopic (exact) mass is 1370 g/mol. The molecular weight excluding hydrogens is 1320 g/mol. The number of benzene rings is 12. The number of aryl methyl sites for hydroxylation is 6. The smallest absolute Gasteiger partial charge is 0.199 e. The average molecular weight is 1370 g/mol. The second kappa shape index (κ2) is 22.4. The van der Waals surface area contributed by atoms with Gasteiger partial charge >= 0.3 is 0 Å². The van der Waals surface area contributed by atoms with Crippen molar-refractivity contribution in [2.24, 2.45) is 42.3 Å². The highest BCUT2D eigenvalue weighted by atomic mass is 16.1. The van der Waals surface area contributed by atoms with Gasteiger partial charge in [0, 0.05) is 107 Å². The molecule has 0 saturated carbocycles. The van der Waals surface area contributed by atoms with Crippen LogP contribution in [0.3, 0.4) is 0 Å². The molecule has 0 spiro atoms. The van der Waals surface area contributed by atoms with Gasteiger partial charge in [0.25, 0.3) is 0 Å². The van der Waals surface area contributed by atoms with Crippen molar-refractivity contribution in [1.82, 2.24) is 42.4 Å². The SMILES string of the molecule is Cn1c2ccccc2c(=O)c2c1c1c(=O)c3ccccc3[nH]c1c1c(=O)c3ccccc3n(C)c12.Cn1c2ccccc2c(=O)c2c1c1c(=O)c3ccccc3n(C)c1c1c(=O)c3ccccc3n(C)c21.Cn1c2ccccc2c(=O)c2c3[nH]c4ccccc4c(=O)c3c3[nH]c4ccccc4c(=O)c3c21. The lowest BCUT2D eigenvalue weighted by Crippen LogP contribution is -2.20. The lowest BCUT2D eigenvalue weighted by atomic mass is 9.97. The molecule has 9 heterocycles. The van der Waals surface area contributed by atoms with Gasteiger partial charge in [0.2, 0.25) is 0 Å². The fraction of sp³-hybridized carbons (Fsp3) is 0.0690. The zero-order valence-corrected chi connectivity index (χ0v) is 57.1. The molecule has 0 aliphatic rings. The molecule has 0 bridgehead atoms. The summed E-state index contributed by atoms with van der Waals surface area (Å²) in [5.74, 6) is 0. The van der Waals surface area contributed by atoms with E-state index < -0.39 is 0 Å². The van der Waals surface area contributed by atoms with E-state index >= 15 is 0 Å². The maximum atomic E-state index is 14.1. The van der Waals surface area contributed by atoms with Gasteiger partial charge in [0.05, 0.1) is 131 Å². The Morgan fingerprint density at radius 1 is 0.181 bits per heavy atom. The number of hydrogen-bond acceptors (Lipinski definition) is 9. The van der Waals surface area contributed by atoms with Crippen molar-refractivity contribution in [3.8, 4) is 0 Å². The molecule has 0 fully saturated rings. The summed E-state index contributed by atoms with van der Waals surface area (Å²) in [6.45, 7) is 0. The van der Waals surface area contributed by atoms with E-state index in [0.29, 0.717) is 163 Å².